The average molecular weight is 246 g/mol. The summed E-state index contributed by atoms with van der Waals surface area (Å²) in [5.41, 5.74) is 4.28. The van der Waals surface area contributed by atoms with Crippen LogP contribution < -0.4 is 10.6 Å². The molecule has 2 nitrogen and oxygen atoms in total. The number of anilines is 1. The SMILES string of the molecule is CCc1cccc(CC)c1NCC1CCCCN1. The lowest BCUT2D eigenvalue weighted by Crippen LogP contribution is -2.39. The molecule has 0 aromatic heterocycles. The van der Waals surface area contributed by atoms with Gasteiger partial charge in [0.1, 0.15) is 0 Å². The smallest absolute Gasteiger partial charge is 0.0405 e. The molecule has 0 spiro atoms. The molecule has 1 aliphatic rings. The fraction of sp³-hybridized carbons (Fsp3) is 0.625. The zero-order chi connectivity index (χ0) is 12.8. The van der Waals surface area contributed by atoms with E-state index in [0.29, 0.717) is 6.04 Å². The molecule has 100 valence electrons. The van der Waals surface area contributed by atoms with E-state index < -0.39 is 0 Å². The van der Waals surface area contributed by atoms with Gasteiger partial charge in [0.15, 0.2) is 0 Å². The third kappa shape index (κ3) is 3.26. The van der Waals surface area contributed by atoms with Crippen molar-refractivity contribution in [3.8, 4) is 0 Å². The molecule has 0 aliphatic carbocycles. The van der Waals surface area contributed by atoms with Crippen molar-refractivity contribution in [1.29, 1.82) is 0 Å². The molecule has 0 bridgehead atoms. The van der Waals surface area contributed by atoms with Crippen molar-refractivity contribution in [2.75, 3.05) is 18.4 Å². The minimum absolute atomic E-state index is 0.647. The summed E-state index contributed by atoms with van der Waals surface area (Å²) in [6.45, 7) is 6.71. The fourth-order valence-electron chi connectivity index (χ4n) is 2.79. The first-order valence-electron chi connectivity index (χ1n) is 7.43. The molecule has 1 saturated heterocycles. The van der Waals surface area contributed by atoms with Crippen LogP contribution in [0.2, 0.25) is 0 Å². The van der Waals surface area contributed by atoms with E-state index in [0.717, 1.165) is 19.4 Å². The molecule has 1 unspecified atom stereocenters. The topological polar surface area (TPSA) is 24.1 Å². The lowest BCUT2D eigenvalue weighted by Gasteiger charge is -2.25. The molecule has 1 aromatic carbocycles. The molecule has 1 atom stereocenters. The molecule has 0 saturated carbocycles. The van der Waals surface area contributed by atoms with Crippen LogP contribution in [0, 0.1) is 0 Å². The van der Waals surface area contributed by atoms with Crippen molar-refractivity contribution in [3.63, 3.8) is 0 Å². The van der Waals surface area contributed by atoms with Crippen LogP contribution in [0.1, 0.15) is 44.2 Å². The van der Waals surface area contributed by atoms with Gasteiger partial charge in [-0.1, -0.05) is 38.5 Å². The highest BCUT2D eigenvalue weighted by atomic mass is 15.0. The zero-order valence-electron chi connectivity index (χ0n) is 11.8. The van der Waals surface area contributed by atoms with Crippen molar-refractivity contribution < 1.29 is 0 Å². The van der Waals surface area contributed by atoms with Crippen LogP contribution in [-0.2, 0) is 12.8 Å². The van der Waals surface area contributed by atoms with Crippen molar-refractivity contribution in [2.24, 2.45) is 0 Å². The molecule has 2 rings (SSSR count). The maximum atomic E-state index is 3.69. The Morgan fingerprint density at radius 3 is 2.44 bits per heavy atom. The predicted octanol–water partition coefficient (Wildman–Crippen LogP) is 3.37. The van der Waals surface area contributed by atoms with E-state index in [1.54, 1.807) is 0 Å². The van der Waals surface area contributed by atoms with Gasteiger partial charge in [-0.2, -0.15) is 0 Å². The Bertz CT molecular complexity index is 345. The van der Waals surface area contributed by atoms with E-state index in [1.807, 2.05) is 0 Å². The Hall–Kier alpha value is -1.02. The number of piperidine rings is 1. The number of aryl methyl sites for hydroxylation is 2. The standard InChI is InChI=1S/C16H26N2/c1-3-13-8-7-9-14(4-2)16(13)18-12-15-10-5-6-11-17-15/h7-9,15,17-18H,3-6,10-12H2,1-2H3. The fourth-order valence-corrected chi connectivity index (χ4v) is 2.79. The second-order valence-electron chi connectivity index (χ2n) is 5.19. The van der Waals surface area contributed by atoms with E-state index >= 15 is 0 Å². The van der Waals surface area contributed by atoms with Crippen molar-refractivity contribution in [1.82, 2.24) is 5.32 Å². The molecule has 0 amide bonds. The summed E-state index contributed by atoms with van der Waals surface area (Å²) in [4.78, 5) is 0. The maximum absolute atomic E-state index is 3.69. The van der Waals surface area contributed by atoms with Gasteiger partial charge in [-0.15, -0.1) is 0 Å². The number of hydrogen-bond acceptors (Lipinski definition) is 2. The van der Waals surface area contributed by atoms with Gasteiger partial charge in [-0.05, 0) is 43.4 Å². The lowest BCUT2D eigenvalue weighted by molar-refractivity contribution is 0.414. The lowest BCUT2D eigenvalue weighted by atomic mass is 10.0. The summed E-state index contributed by atoms with van der Waals surface area (Å²) in [6.07, 6.45) is 6.23. The Labute approximate surface area is 111 Å². The first-order valence-corrected chi connectivity index (χ1v) is 7.43. The van der Waals surface area contributed by atoms with E-state index in [-0.39, 0.29) is 0 Å². The quantitative estimate of drug-likeness (QED) is 0.832. The first kappa shape index (κ1) is 13.4. The molecule has 1 heterocycles. The van der Waals surface area contributed by atoms with E-state index in [1.165, 1.54) is 42.6 Å². The predicted molar refractivity (Wildman–Crippen MR) is 79.3 cm³/mol. The van der Waals surface area contributed by atoms with E-state index in [2.05, 4.69) is 42.7 Å². The largest absolute Gasteiger partial charge is 0.383 e. The van der Waals surface area contributed by atoms with Gasteiger partial charge in [0.2, 0.25) is 0 Å². The summed E-state index contributed by atoms with van der Waals surface area (Å²) in [7, 11) is 0. The molecule has 0 radical (unpaired) electrons. The molecule has 1 aromatic rings. The number of para-hydroxylation sites is 1. The van der Waals surface area contributed by atoms with Gasteiger partial charge in [0.05, 0.1) is 0 Å². The summed E-state index contributed by atoms with van der Waals surface area (Å²) in [5.74, 6) is 0. The van der Waals surface area contributed by atoms with Crippen LogP contribution in [0.5, 0.6) is 0 Å². The highest BCUT2D eigenvalue weighted by Gasteiger charge is 2.13. The number of benzene rings is 1. The van der Waals surface area contributed by atoms with Crippen LogP contribution in [-0.4, -0.2) is 19.1 Å². The minimum Gasteiger partial charge on any atom is -0.383 e. The van der Waals surface area contributed by atoms with Gasteiger partial charge in [-0.3, -0.25) is 0 Å². The molecule has 1 aliphatic heterocycles. The van der Waals surface area contributed by atoms with E-state index in [9.17, 15) is 0 Å². The minimum atomic E-state index is 0.647. The van der Waals surface area contributed by atoms with Crippen LogP contribution in [0.25, 0.3) is 0 Å². The molecular weight excluding hydrogens is 220 g/mol. The van der Waals surface area contributed by atoms with Gasteiger partial charge in [0, 0.05) is 18.3 Å². The summed E-state index contributed by atoms with van der Waals surface area (Å²) >= 11 is 0. The highest BCUT2D eigenvalue weighted by molar-refractivity contribution is 5.58. The monoisotopic (exact) mass is 246 g/mol. The number of nitrogens with one attached hydrogen (secondary N) is 2. The van der Waals surface area contributed by atoms with Gasteiger partial charge in [0.25, 0.3) is 0 Å². The third-order valence-corrected chi connectivity index (χ3v) is 3.94. The van der Waals surface area contributed by atoms with Gasteiger partial charge < -0.3 is 10.6 Å². The second kappa shape index (κ2) is 6.79. The Balaban J connectivity index is 2.02. The van der Waals surface area contributed by atoms with E-state index in [4.69, 9.17) is 0 Å². The molecule has 1 fully saturated rings. The average Bonchev–Trinajstić information content (AvgIpc) is 2.45. The Morgan fingerprint density at radius 2 is 1.89 bits per heavy atom. The van der Waals surface area contributed by atoms with Crippen molar-refractivity contribution in [2.45, 2.75) is 52.0 Å². The Kier molecular flexibility index (Phi) is 5.06. The van der Waals surface area contributed by atoms with Gasteiger partial charge in [-0.25, -0.2) is 0 Å². The van der Waals surface area contributed by atoms with Crippen LogP contribution >= 0.6 is 0 Å². The first-order chi connectivity index (χ1) is 8.85. The number of rotatable bonds is 5. The summed E-state index contributed by atoms with van der Waals surface area (Å²) in [6, 6.07) is 7.32. The highest BCUT2D eigenvalue weighted by Crippen LogP contribution is 2.22. The van der Waals surface area contributed by atoms with Crippen molar-refractivity contribution >= 4 is 5.69 Å². The molecular formula is C16H26N2. The molecule has 18 heavy (non-hydrogen) atoms. The summed E-state index contributed by atoms with van der Waals surface area (Å²) in [5, 5.41) is 7.29. The maximum Gasteiger partial charge on any atom is 0.0405 e. The number of hydrogen-bond donors (Lipinski definition) is 2. The van der Waals surface area contributed by atoms with Crippen molar-refractivity contribution in [3.05, 3.63) is 29.3 Å². The second-order valence-corrected chi connectivity index (χ2v) is 5.19. The van der Waals surface area contributed by atoms with Crippen LogP contribution in [0.4, 0.5) is 5.69 Å². The van der Waals surface area contributed by atoms with Crippen LogP contribution in [0.15, 0.2) is 18.2 Å². The Morgan fingerprint density at radius 1 is 1.17 bits per heavy atom. The molecule has 2 N–H and O–H groups in total. The normalized spacial score (nSPS) is 19.8. The zero-order valence-corrected chi connectivity index (χ0v) is 11.8. The van der Waals surface area contributed by atoms with Crippen LogP contribution in [0.3, 0.4) is 0 Å². The molecule has 2 heteroatoms. The third-order valence-electron chi connectivity index (χ3n) is 3.94. The van der Waals surface area contributed by atoms with Gasteiger partial charge >= 0.3 is 0 Å². The summed E-state index contributed by atoms with van der Waals surface area (Å²) < 4.78 is 0.